The van der Waals surface area contributed by atoms with E-state index in [1.807, 2.05) is 6.07 Å². The highest BCUT2D eigenvalue weighted by molar-refractivity contribution is 5.84. The fraction of sp³-hybridized carbons (Fsp3) is 0.854. The summed E-state index contributed by atoms with van der Waals surface area (Å²) in [6.45, 7) is 23.4. The summed E-state index contributed by atoms with van der Waals surface area (Å²) in [7, 11) is 0. The first-order valence-electron chi connectivity index (χ1n) is 22.7. The van der Waals surface area contributed by atoms with Crippen molar-refractivity contribution >= 4 is 23.8 Å². The van der Waals surface area contributed by atoms with Gasteiger partial charge in [-0.1, -0.05) is 72.5 Å². The van der Waals surface area contributed by atoms with E-state index in [9.17, 15) is 24.3 Å². The number of hydrogen-bond acceptors (Lipinski definition) is 6. The maximum Gasteiger partial charge on any atom is 0.309 e. The lowest BCUT2D eigenvalue weighted by Gasteiger charge is -2.72. The molecule has 57 heavy (non-hydrogen) atoms. The SMILES string of the molecule is C=C(C)[C@@H]1CC[C@]2(C(=O)NCCCCCCCCC(=O)NCCC#N)CC[C@]3(C)[C@H](CC[C@@H]4[C@@]5(C)CC[C@H](OC(=O)CC(C)(C)C(=O)O)C(C)(C)[C@@H]5CC[C@]43C)[C@@H]12. The Morgan fingerprint density at radius 2 is 1.49 bits per heavy atom. The van der Waals surface area contributed by atoms with Crippen LogP contribution in [0, 0.1) is 73.4 Å². The molecule has 5 fully saturated rings. The van der Waals surface area contributed by atoms with Gasteiger partial charge >= 0.3 is 11.9 Å². The van der Waals surface area contributed by atoms with Crippen LogP contribution in [-0.4, -0.2) is 48.1 Å². The molecule has 3 N–H and O–H groups in total. The van der Waals surface area contributed by atoms with Gasteiger partial charge in [0.25, 0.3) is 0 Å². The Hall–Kier alpha value is -2.89. The molecule has 0 saturated heterocycles. The molecule has 0 bridgehead atoms. The number of amides is 2. The van der Waals surface area contributed by atoms with Crippen LogP contribution < -0.4 is 10.6 Å². The number of nitrogens with one attached hydrogen (secondary N) is 2. The average Bonchev–Trinajstić information content (AvgIpc) is 3.53. The van der Waals surface area contributed by atoms with E-state index >= 15 is 0 Å². The van der Waals surface area contributed by atoms with E-state index in [2.05, 4.69) is 58.8 Å². The Morgan fingerprint density at radius 3 is 2.16 bits per heavy atom. The molecule has 0 unspecified atom stereocenters. The molecule has 10 atom stereocenters. The van der Waals surface area contributed by atoms with E-state index in [4.69, 9.17) is 10.00 Å². The number of carbonyl (C=O) groups is 4. The number of hydrogen-bond donors (Lipinski definition) is 3. The fourth-order valence-electron chi connectivity index (χ4n) is 14.2. The second kappa shape index (κ2) is 17.4. The summed E-state index contributed by atoms with van der Waals surface area (Å²) in [5, 5.41) is 24.5. The number of aliphatic carboxylic acids is 1. The largest absolute Gasteiger partial charge is 0.481 e. The number of unbranched alkanes of at least 4 members (excludes halogenated alkanes) is 5. The molecule has 0 spiro atoms. The minimum Gasteiger partial charge on any atom is -0.481 e. The van der Waals surface area contributed by atoms with Gasteiger partial charge in [0.05, 0.1) is 29.7 Å². The predicted octanol–water partition coefficient (Wildman–Crippen LogP) is 9.93. The zero-order valence-electron chi connectivity index (χ0n) is 37.0. The molecule has 9 nitrogen and oxygen atoms in total. The number of nitriles is 1. The fourth-order valence-corrected chi connectivity index (χ4v) is 14.2. The number of ether oxygens (including phenoxy) is 1. The summed E-state index contributed by atoms with van der Waals surface area (Å²) in [6, 6.07) is 2.05. The van der Waals surface area contributed by atoms with Crippen molar-refractivity contribution in [1.82, 2.24) is 10.6 Å². The number of carboxylic acid groups (broad SMARTS) is 1. The van der Waals surface area contributed by atoms with Crippen molar-refractivity contribution in [1.29, 1.82) is 5.26 Å². The van der Waals surface area contributed by atoms with Crippen molar-refractivity contribution in [3.8, 4) is 6.07 Å². The highest BCUT2D eigenvalue weighted by Gasteiger charge is 2.72. The van der Waals surface area contributed by atoms with Crippen molar-refractivity contribution < 1.29 is 29.0 Å². The first-order chi connectivity index (χ1) is 26.7. The molecular weight excluding hydrogens is 715 g/mol. The molecular formula is C48H77N3O6. The molecule has 0 aromatic heterocycles. The smallest absolute Gasteiger partial charge is 0.309 e. The lowest BCUT2D eigenvalue weighted by molar-refractivity contribution is -0.249. The van der Waals surface area contributed by atoms with Gasteiger partial charge < -0.3 is 20.5 Å². The normalized spacial score (nSPS) is 36.6. The summed E-state index contributed by atoms with van der Waals surface area (Å²) in [6.07, 6.45) is 17.0. The van der Waals surface area contributed by atoms with Crippen molar-refractivity contribution in [3.05, 3.63) is 12.2 Å². The summed E-state index contributed by atoms with van der Waals surface area (Å²) in [5.74, 6) is 1.03. The first kappa shape index (κ1) is 45.2. The molecule has 0 aliphatic heterocycles. The van der Waals surface area contributed by atoms with E-state index in [0.29, 0.717) is 49.0 Å². The highest BCUT2D eigenvalue weighted by Crippen LogP contribution is 2.77. The van der Waals surface area contributed by atoms with Crippen LogP contribution in [0.25, 0.3) is 0 Å². The highest BCUT2D eigenvalue weighted by atomic mass is 16.5. The monoisotopic (exact) mass is 792 g/mol. The molecule has 320 valence electrons. The zero-order chi connectivity index (χ0) is 42.0. The molecule has 0 radical (unpaired) electrons. The topological polar surface area (TPSA) is 146 Å². The number of fused-ring (bicyclic) bond motifs is 7. The van der Waals surface area contributed by atoms with Crippen LogP contribution in [0.15, 0.2) is 12.2 Å². The van der Waals surface area contributed by atoms with Crippen LogP contribution in [0.2, 0.25) is 0 Å². The van der Waals surface area contributed by atoms with Gasteiger partial charge in [-0.2, -0.15) is 5.26 Å². The summed E-state index contributed by atoms with van der Waals surface area (Å²) in [4.78, 5) is 51.2. The van der Waals surface area contributed by atoms with Crippen LogP contribution in [0.1, 0.15) is 177 Å². The van der Waals surface area contributed by atoms with Crippen molar-refractivity contribution in [2.24, 2.45) is 62.1 Å². The Bertz CT molecular complexity index is 1560. The molecule has 9 heteroatoms. The minimum absolute atomic E-state index is 0.0310. The van der Waals surface area contributed by atoms with Gasteiger partial charge in [0.1, 0.15) is 6.10 Å². The van der Waals surface area contributed by atoms with Gasteiger partial charge in [-0.3, -0.25) is 19.2 Å². The zero-order valence-corrected chi connectivity index (χ0v) is 37.0. The average molecular weight is 792 g/mol. The maximum absolute atomic E-state index is 14.5. The van der Waals surface area contributed by atoms with Gasteiger partial charge in [-0.15, -0.1) is 0 Å². The van der Waals surface area contributed by atoms with Crippen LogP contribution in [-0.2, 0) is 23.9 Å². The van der Waals surface area contributed by atoms with E-state index in [-0.39, 0.29) is 51.4 Å². The Balaban J connectivity index is 1.22. The standard InChI is InChI=1S/C48H77N3O6/c1-32(2)33-20-25-48(41(54)51-29-15-13-11-10-12-14-17-38(52)50-30-16-28-49)27-26-46(8)34(40(33)48)18-19-36-45(7)23-22-37(57-39(53)31-43(3,4)42(55)56)44(5,6)35(45)21-24-47(36,46)9/h33-37,40H,1,10-27,29-31H2,2-9H3,(H,50,52)(H,51,54)(H,55,56)/t33-,34+,35-,36+,37-,40+,45-,46+,47+,48-/m0/s1. The molecule has 0 aromatic carbocycles. The number of carbonyl (C=O) groups excluding carboxylic acids is 3. The van der Waals surface area contributed by atoms with E-state index in [0.717, 1.165) is 103 Å². The number of rotatable bonds is 17. The van der Waals surface area contributed by atoms with Gasteiger partial charge in [-0.25, -0.2) is 0 Å². The van der Waals surface area contributed by atoms with E-state index < -0.39 is 17.4 Å². The molecule has 5 aliphatic carbocycles. The summed E-state index contributed by atoms with van der Waals surface area (Å²) in [5.41, 5.74) is -0.106. The van der Waals surface area contributed by atoms with E-state index in [1.54, 1.807) is 13.8 Å². The molecule has 2 amide bonds. The van der Waals surface area contributed by atoms with Gasteiger partial charge in [0.2, 0.25) is 11.8 Å². The number of nitrogens with zero attached hydrogens (tertiary/aromatic N) is 1. The molecule has 5 saturated carbocycles. The number of esters is 1. The third-order valence-electron chi connectivity index (χ3n) is 17.6. The van der Waals surface area contributed by atoms with Crippen molar-refractivity contribution in [3.63, 3.8) is 0 Å². The van der Waals surface area contributed by atoms with Crippen LogP contribution in [0.3, 0.4) is 0 Å². The van der Waals surface area contributed by atoms with Crippen molar-refractivity contribution in [2.75, 3.05) is 13.1 Å². The van der Waals surface area contributed by atoms with Gasteiger partial charge in [0, 0.05) is 24.9 Å². The Morgan fingerprint density at radius 1 is 0.807 bits per heavy atom. The second-order valence-electron chi connectivity index (χ2n) is 21.4. The quantitative estimate of drug-likeness (QED) is 0.0755. The Labute approximate surface area is 344 Å². The third kappa shape index (κ3) is 8.45. The number of carboxylic acids is 1. The first-order valence-corrected chi connectivity index (χ1v) is 22.7. The van der Waals surface area contributed by atoms with Crippen molar-refractivity contribution in [2.45, 2.75) is 183 Å². The lowest BCUT2D eigenvalue weighted by atomic mass is 9.32. The lowest BCUT2D eigenvalue weighted by Crippen LogP contribution is -2.67. The molecule has 5 aliphatic rings. The van der Waals surface area contributed by atoms with Crippen LogP contribution >= 0.6 is 0 Å². The number of allylic oxidation sites excluding steroid dienone is 1. The maximum atomic E-state index is 14.5. The molecule has 0 aromatic rings. The second-order valence-corrected chi connectivity index (χ2v) is 21.4. The minimum atomic E-state index is -1.16. The van der Waals surface area contributed by atoms with Gasteiger partial charge in [-0.05, 0) is 144 Å². The van der Waals surface area contributed by atoms with E-state index in [1.165, 1.54) is 12.0 Å². The Kier molecular flexibility index (Phi) is 13.8. The van der Waals surface area contributed by atoms with Crippen LogP contribution in [0.5, 0.6) is 0 Å². The van der Waals surface area contributed by atoms with Crippen LogP contribution in [0.4, 0.5) is 0 Å². The molecule has 5 rings (SSSR count). The summed E-state index contributed by atoms with van der Waals surface area (Å²) < 4.78 is 6.18. The summed E-state index contributed by atoms with van der Waals surface area (Å²) >= 11 is 0. The van der Waals surface area contributed by atoms with Gasteiger partial charge in [0.15, 0.2) is 0 Å². The predicted molar refractivity (Wildman–Crippen MR) is 223 cm³/mol. The third-order valence-corrected chi connectivity index (χ3v) is 17.6. The molecule has 0 heterocycles.